The average molecular weight is 453 g/mol. The molecule has 1 atom stereocenters. The predicted molar refractivity (Wildman–Crippen MR) is 103 cm³/mol. The monoisotopic (exact) mass is 453 g/mol. The third-order valence-corrected chi connectivity index (χ3v) is 4.10. The fourth-order valence-corrected chi connectivity index (χ4v) is 2.68. The number of anilines is 1. The number of halogens is 2. The van der Waals surface area contributed by atoms with E-state index in [0.717, 1.165) is 3.57 Å². The van der Waals surface area contributed by atoms with E-state index in [1.807, 2.05) is 0 Å². The van der Waals surface area contributed by atoms with Crippen molar-refractivity contribution in [2.45, 2.75) is 13.0 Å². The summed E-state index contributed by atoms with van der Waals surface area (Å²) in [6.45, 7) is 1.87. The smallest absolute Gasteiger partial charge is 0.254 e. The summed E-state index contributed by atoms with van der Waals surface area (Å²) >= 11 is 2.09. The maximum Gasteiger partial charge on any atom is 0.254 e. The van der Waals surface area contributed by atoms with Gasteiger partial charge in [-0.05, 0) is 53.8 Å². The van der Waals surface area contributed by atoms with Crippen LogP contribution in [0.2, 0.25) is 0 Å². The first kappa shape index (κ1) is 19.0. The Kier molecular flexibility index (Phi) is 6.20. The van der Waals surface area contributed by atoms with E-state index < -0.39 is 11.9 Å². The quantitative estimate of drug-likeness (QED) is 0.558. The average Bonchev–Trinajstić information content (AvgIpc) is 2.57. The minimum atomic E-state index is -0.615. The molecule has 25 heavy (non-hydrogen) atoms. The molecule has 130 valence electrons. The molecule has 0 saturated carbocycles. The van der Waals surface area contributed by atoms with E-state index >= 15 is 0 Å². The molecule has 0 unspecified atom stereocenters. The lowest BCUT2D eigenvalue weighted by molar-refractivity contribution is 0.0807. The fraction of sp³-hybridized carbons (Fsp3) is 0.222. The van der Waals surface area contributed by atoms with Gasteiger partial charge in [0.05, 0.1) is 6.54 Å². The van der Waals surface area contributed by atoms with Crippen molar-refractivity contribution in [1.29, 1.82) is 0 Å². The van der Waals surface area contributed by atoms with Crippen molar-refractivity contribution >= 4 is 34.3 Å². The van der Waals surface area contributed by atoms with Crippen molar-refractivity contribution in [3.8, 4) is 18.1 Å². The van der Waals surface area contributed by atoms with Crippen LogP contribution < -0.4 is 10.5 Å². The number of benzene rings is 1. The lowest BCUT2D eigenvalue weighted by Crippen LogP contribution is -2.28. The van der Waals surface area contributed by atoms with Crippen LogP contribution in [0, 0.1) is 21.7 Å². The second-order valence-corrected chi connectivity index (χ2v) is 6.64. The molecule has 0 spiro atoms. The van der Waals surface area contributed by atoms with Crippen molar-refractivity contribution in [1.82, 2.24) is 9.88 Å². The second-order valence-electron chi connectivity index (χ2n) is 5.39. The third-order valence-electron chi connectivity index (χ3n) is 3.51. The number of hydrogen-bond acceptors (Lipinski definition) is 4. The van der Waals surface area contributed by atoms with E-state index in [-0.39, 0.29) is 18.3 Å². The summed E-state index contributed by atoms with van der Waals surface area (Å²) in [5, 5.41) is 0. The molecule has 0 radical (unpaired) electrons. The van der Waals surface area contributed by atoms with Gasteiger partial charge >= 0.3 is 0 Å². The van der Waals surface area contributed by atoms with Crippen LogP contribution in [-0.2, 0) is 0 Å². The van der Waals surface area contributed by atoms with Gasteiger partial charge in [-0.1, -0.05) is 5.92 Å². The first-order valence-corrected chi connectivity index (χ1v) is 8.47. The summed E-state index contributed by atoms with van der Waals surface area (Å²) in [5.74, 6) is 2.23. The normalized spacial score (nSPS) is 11.5. The van der Waals surface area contributed by atoms with E-state index in [0.29, 0.717) is 16.9 Å². The number of nitrogens with two attached hydrogens (primary N) is 1. The first-order valence-electron chi connectivity index (χ1n) is 7.39. The summed E-state index contributed by atoms with van der Waals surface area (Å²) in [6.07, 6.45) is 6.25. The topological polar surface area (TPSA) is 68.5 Å². The number of amides is 1. The van der Waals surface area contributed by atoms with Crippen LogP contribution in [0.4, 0.5) is 10.2 Å². The number of hydrogen-bond donors (Lipinski definition) is 1. The minimum Gasteiger partial charge on any atom is -0.482 e. The molecule has 1 amide bonds. The van der Waals surface area contributed by atoms with Gasteiger partial charge < -0.3 is 15.4 Å². The zero-order chi connectivity index (χ0) is 18.6. The molecule has 0 aliphatic heterocycles. The number of nitrogens with zero attached hydrogens (tertiary/aromatic N) is 2. The Labute approximate surface area is 159 Å². The number of aromatic nitrogens is 1. The summed E-state index contributed by atoms with van der Waals surface area (Å²) in [6, 6.07) is 5.66. The molecule has 1 aromatic carbocycles. The van der Waals surface area contributed by atoms with Gasteiger partial charge in [0.1, 0.15) is 11.9 Å². The summed E-state index contributed by atoms with van der Waals surface area (Å²) in [7, 11) is 1.59. The Balaban J connectivity index is 2.37. The minimum absolute atomic E-state index is 0.151. The Morgan fingerprint density at radius 1 is 1.52 bits per heavy atom. The van der Waals surface area contributed by atoms with E-state index in [4.69, 9.17) is 16.9 Å². The largest absolute Gasteiger partial charge is 0.482 e. The molecule has 5 nitrogen and oxygen atoms in total. The van der Waals surface area contributed by atoms with Crippen LogP contribution in [-0.4, -0.2) is 29.4 Å². The SMILES string of the molecule is C#CCN(C)C(=O)c1ccc(F)cc1[C@@H](C)Oc1cc(I)cnc1N. The van der Waals surface area contributed by atoms with Gasteiger partial charge in [0.15, 0.2) is 11.6 Å². The maximum absolute atomic E-state index is 13.8. The Morgan fingerprint density at radius 2 is 2.24 bits per heavy atom. The van der Waals surface area contributed by atoms with Crippen LogP contribution >= 0.6 is 22.6 Å². The molecule has 7 heteroatoms. The molecule has 2 aromatic rings. The lowest BCUT2D eigenvalue weighted by Gasteiger charge is -2.21. The van der Waals surface area contributed by atoms with E-state index in [2.05, 4.69) is 33.5 Å². The highest BCUT2D eigenvalue weighted by atomic mass is 127. The van der Waals surface area contributed by atoms with Gasteiger partial charge in [-0.15, -0.1) is 6.42 Å². The number of carbonyl (C=O) groups is 1. The van der Waals surface area contributed by atoms with Crippen LogP contribution in [0.15, 0.2) is 30.5 Å². The number of terminal acetylenes is 1. The molecule has 1 heterocycles. The highest BCUT2D eigenvalue weighted by molar-refractivity contribution is 14.1. The molecule has 0 fully saturated rings. The fourth-order valence-electron chi connectivity index (χ4n) is 2.26. The highest BCUT2D eigenvalue weighted by Crippen LogP contribution is 2.29. The molecule has 0 saturated heterocycles. The lowest BCUT2D eigenvalue weighted by atomic mass is 10.0. The number of carbonyl (C=O) groups excluding carboxylic acids is 1. The van der Waals surface area contributed by atoms with Crippen molar-refractivity contribution in [3.05, 3.63) is 51.0 Å². The number of pyridine rings is 1. The molecular formula is C18H17FIN3O2. The zero-order valence-corrected chi connectivity index (χ0v) is 16.0. The highest BCUT2D eigenvalue weighted by Gasteiger charge is 2.21. The van der Waals surface area contributed by atoms with Crippen molar-refractivity contribution in [3.63, 3.8) is 0 Å². The number of ether oxygens (including phenoxy) is 1. The van der Waals surface area contributed by atoms with Crippen LogP contribution in [0.3, 0.4) is 0 Å². The van der Waals surface area contributed by atoms with Gasteiger partial charge in [-0.2, -0.15) is 0 Å². The molecule has 0 bridgehead atoms. The summed E-state index contributed by atoms with van der Waals surface area (Å²) < 4.78 is 20.4. The maximum atomic E-state index is 13.8. The van der Waals surface area contributed by atoms with E-state index in [1.165, 1.54) is 23.1 Å². The zero-order valence-electron chi connectivity index (χ0n) is 13.8. The second kappa shape index (κ2) is 8.16. The number of nitrogen functional groups attached to an aromatic ring is 1. The van der Waals surface area contributed by atoms with Crippen LogP contribution in [0.5, 0.6) is 5.75 Å². The van der Waals surface area contributed by atoms with Crippen LogP contribution in [0.25, 0.3) is 0 Å². The van der Waals surface area contributed by atoms with Gasteiger partial charge in [0, 0.05) is 27.9 Å². The summed E-state index contributed by atoms with van der Waals surface area (Å²) in [4.78, 5) is 18.0. The van der Waals surface area contributed by atoms with Gasteiger partial charge in [-0.3, -0.25) is 4.79 Å². The van der Waals surface area contributed by atoms with Gasteiger partial charge in [0.2, 0.25) is 0 Å². The van der Waals surface area contributed by atoms with Gasteiger partial charge in [-0.25, -0.2) is 9.37 Å². The first-order chi connectivity index (χ1) is 11.8. The van der Waals surface area contributed by atoms with Crippen molar-refractivity contribution in [2.24, 2.45) is 0 Å². The third kappa shape index (κ3) is 4.60. The molecule has 2 N–H and O–H groups in total. The standard InChI is InChI=1S/C18H17FIN3O2/c1-4-7-23(3)18(24)14-6-5-12(19)8-15(14)11(2)25-16-9-13(20)10-22-17(16)21/h1,5-6,8-11H,7H2,2-3H3,(H2,21,22)/t11-/m1/s1. The van der Waals surface area contributed by atoms with Crippen molar-refractivity contribution in [2.75, 3.05) is 19.3 Å². The Morgan fingerprint density at radius 3 is 2.92 bits per heavy atom. The van der Waals surface area contributed by atoms with Crippen LogP contribution in [0.1, 0.15) is 28.9 Å². The van der Waals surface area contributed by atoms with E-state index in [1.54, 1.807) is 26.2 Å². The van der Waals surface area contributed by atoms with E-state index in [9.17, 15) is 9.18 Å². The molecule has 2 rings (SSSR count). The van der Waals surface area contributed by atoms with Gasteiger partial charge in [0.25, 0.3) is 5.91 Å². The Hall–Kier alpha value is -2.34. The molecular weight excluding hydrogens is 436 g/mol. The van der Waals surface area contributed by atoms with Crippen molar-refractivity contribution < 1.29 is 13.9 Å². The molecule has 0 aliphatic carbocycles. The predicted octanol–water partition coefficient (Wildman–Crippen LogP) is 3.25. The summed E-state index contributed by atoms with van der Waals surface area (Å²) in [5.41, 5.74) is 6.55. The molecule has 1 aromatic heterocycles. The number of rotatable bonds is 5. The Bertz CT molecular complexity index is 836. The molecule has 0 aliphatic rings.